The van der Waals surface area contributed by atoms with E-state index in [-0.39, 0.29) is 11.8 Å². The van der Waals surface area contributed by atoms with Crippen molar-refractivity contribution in [2.45, 2.75) is 13.8 Å². The highest BCUT2D eigenvalue weighted by molar-refractivity contribution is 6.08. The molecule has 2 N–H and O–H groups in total. The molecule has 2 amide bonds. The van der Waals surface area contributed by atoms with Crippen LogP contribution in [0.1, 0.15) is 34.6 Å². The van der Waals surface area contributed by atoms with Crippen molar-refractivity contribution < 1.29 is 9.59 Å². The standard InChI is InChI=1S/C17H19N3O2/c1-12(2)11-19-17(22)14-5-3-4-6-15(14)20-16(21)13-7-9-18-10-8-13/h3-10,12H,11H2,1-2H3,(H,19,22)(H,20,21). The summed E-state index contributed by atoms with van der Waals surface area (Å²) in [5.41, 5.74) is 1.43. The summed E-state index contributed by atoms with van der Waals surface area (Å²) in [5.74, 6) is -0.103. The number of amides is 2. The molecule has 5 heteroatoms. The molecule has 0 saturated carbocycles. The van der Waals surface area contributed by atoms with Crippen LogP contribution in [-0.2, 0) is 0 Å². The molecule has 0 aliphatic rings. The van der Waals surface area contributed by atoms with Crippen LogP contribution in [0.4, 0.5) is 5.69 Å². The van der Waals surface area contributed by atoms with Gasteiger partial charge in [-0.3, -0.25) is 14.6 Å². The van der Waals surface area contributed by atoms with Crippen LogP contribution < -0.4 is 10.6 Å². The number of anilines is 1. The number of benzene rings is 1. The molecule has 0 aliphatic carbocycles. The van der Waals surface area contributed by atoms with Gasteiger partial charge in [-0.1, -0.05) is 26.0 Å². The topological polar surface area (TPSA) is 71.1 Å². The monoisotopic (exact) mass is 297 g/mol. The second-order valence-corrected chi connectivity index (χ2v) is 5.34. The fraction of sp³-hybridized carbons (Fsp3) is 0.235. The summed E-state index contributed by atoms with van der Waals surface area (Å²) in [5, 5.41) is 5.62. The summed E-state index contributed by atoms with van der Waals surface area (Å²) in [6, 6.07) is 10.2. The Kier molecular flexibility index (Phi) is 5.25. The lowest BCUT2D eigenvalue weighted by Gasteiger charge is -2.12. The van der Waals surface area contributed by atoms with E-state index in [9.17, 15) is 9.59 Å². The number of para-hydroxylation sites is 1. The fourth-order valence-corrected chi connectivity index (χ4v) is 1.88. The van der Waals surface area contributed by atoms with Crippen LogP contribution in [0.2, 0.25) is 0 Å². The van der Waals surface area contributed by atoms with Crippen molar-refractivity contribution >= 4 is 17.5 Å². The Labute approximate surface area is 129 Å². The number of carbonyl (C=O) groups excluding carboxylic acids is 2. The summed E-state index contributed by atoms with van der Waals surface area (Å²) < 4.78 is 0. The van der Waals surface area contributed by atoms with Crippen molar-refractivity contribution in [2.24, 2.45) is 5.92 Å². The quantitative estimate of drug-likeness (QED) is 0.891. The van der Waals surface area contributed by atoms with E-state index in [2.05, 4.69) is 15.6 Å². The molecule has 1 aromatic heterocycles. The average molecular weight is 297 g/mol. The molecule has 0 radical (unpaired) electrons. The molecule has 0 fully saturated rings. The predicted octanol–water partition coefficient (Wildman–Crippen LogP) is 2.72. The van der Waals surface area contributed by atoms with Crippen molar-refractivity contribution in [1.29, 1.82) is 0 Å². The Bertz CT molecular complexity index is 654. The van der Waals surface area contributed by atoms with Gasteiger partial charge in [-0.15, -0.1) is 0 Å². The Morgan fingerprint density at radius 2 is 1.73 bits per heavy atom. The Balaban J connectivity index is 2.15. The van der Waals surface area contributed by atoms with Gasteiger partial charge in [0.15, 0.2) is 0 Å². The molecule has 2 rings (SSSR count). The largest absolute Gasteiger partial charge is 0.352 e. The minimum absolute atomic E-state index is 0.195. The molecule has 5 nitrogen and oxygen atoms in total. The smallest absolute Gasteiger partial charge is 0.255 e. The Morgan fingerprint density at radius 3 is 2.41 bits per heavy atom. The van der Waals surface area contributed by atoms with Crippen LogP contribution >= 0.6 is 0 Å². The molecule has 0 saturated heterocycles. The van der Waals surface area contributed by atoms with Crippen LogP contribution in [0.25, 0.3) is 0 Å². The van der Waals surface area contributed by atoms with E-state index in [0.29, 0.717) is 29.3 Å². The van der Waals surface area contributed by atoms with Gasteiger partial charge in [0, 0.05) is 24.5 Å². The molecule has 0 unspecified atom stereocenters. The number of rotatable bonds is 5. The van der Waals surface area contributed by atoms with Gasteiger partial charge in [0.05, 0.1) is 11.3 Å². The van der Waals surface area contributed by atoms with Gasteiger partial charge in [-0.05, 0) is 30.2 Å². The Morgan fingerprint density at radius 1 is 1.05 bits per heavy atom. The molecule has 0 aliphatic heterocycles. The highest BCUT2D eigenvalue weighted by Crippen LogP contribution is 2.16. The van der Waals surface area contributed by atoms with Gasteiger partial charge in [0.25, 0.3) is 11.8 Å². The fourth-order valence-electron chi connectivity index (χ4n) is 1.88. The second kappa shape index (κ2) is 7.36. The zero-order valence-corrected chi connectivity index (χ0v) is 12.7. The minimum Gasteiger partial charge on any atom is -0.352 e. The number of pyridine rings is 1. The maximum Gasteiger partial charge on any atom is 0.255 e. The van der Waals surface area contributed by atoms with Gasteiger partial charge >= 0.3 is 0 Å². The summed E-state index contributed by atoms with van der Waals surface area (Å²) in [6.07, 6.45) is 3.10. The van der Waals surface area contributed by atoms with Crippen LogP contribution in [0.15, 0.2) is 48.8 Å². The summed E-state index contributed by atoms with van der Waals surface area (Å²) in [6.45, 7) is 4.64. The number of nitrogens with zero attached hydrogens (tertiary/aromatic N) is 1. The van der Waals surface area contributed by atoms with Crippen LogP contribution in [-0.4, -0.2) is 23.3 Å². The van der Waals surface area contributed by atoms with Gasteiger partial charge in [-0.2, -0.15) is 0 Å². The van der Waals surface area contributed by atoms with E-state index < -0.39 is 0 Å². The van der Waals surface area contributed by atoms with E-state index in [1.807, 2.05) is 13.8 Å². The zero-order chi connectivity index (χ0) is 15.9. The number of carbonyl (C=O) groups is 2. The molecule has 114 valence electrons. The summed E-state index contributed by atoms with van der Waals surface area (Å²) in [7, 11) is 0. The van der Waals surface area contributed by atoms with Gasteiger partial charge in [0.1, 0.15) is 0 Å². The molecule has 22 heavy (non-hydrogen) atoms. The SMILES string of the molecule is CC(C)CNC(=O)c1ccccc1NC(=O)c1ccncc1. The summed E-state index contributed by atoms with van der Waals surface area (Å²) >= 11 is 0. The van der Waals surface area contributed by atoms with Crippen molar-refractivity contribution in [1.82, 2.24) is 10.3 Å². The van der Waals surface area contributed by atoms with Crippen molar-refractivity contribution in [3.05, 3.63) is 59.9 Å². The highest BCUT2D eigenvalue weighted by Gasteiger charge is 2.13. The summed E-state index contributed by atoms with van der Waals surface area (Å²) in [4.78, 5) is 28.3. The molecular weight excluding hydrogens is 278 g/mol. The molecule has 1 heterocycles. The van der Waals surface area contributed by atoms with Crippen molar-refractivity contribution in [3.8, 4) is 0 Å². The van der Waals surface area contributed by atoms with Gasteiger partial charge in [0.2, 0.25) is 0 Å². The molecule has 0 spiro atoms. The number of aromatic nitrogens is 1. The molecule has 2 aromatic rings. The number of nitrogens with one attached hydrogen (secondary N) is 2. The van der Waals surface area contributed by atoms with E-state index in [4.69, 9.17) is 0 Å². The maximum atomic E-state index is 12.2. The minimum atomic E-state index is -0.272. The van der Waals surface area contributed by atoms with Crippen molar-refractivity contribution in [2.75, 3.05) is 11.9 Å². The van der Waals surface area contributed by atoms with Crippen LogP contribution in [0, 0.1) is 5.92 Å². The Hall–Kier alpha value is -2.69. The lowest BCUT2D eigenvalue weighted by Crippen LogP contribution is -2.28. The normalized spacial score (nSPS) is 10.3. The van der Waals surface area contributed by atoms with E-state index in [1.54, 1.807) is 48.8 Å². The van der Waals surface area contributed by atoms with Gasteiger partial charge in [-0.25, -0.2) is 0 Å². The van der Waals surface area contributed by atoms with E-state index in [0.717, 1.165) is 0 Å². The first kappa shape index (κ1) is 15.7. The lowest BCUT2D eigenvalue weighted by atomic mass is 10.1. The van der Waals surface area contributed by atoms with E-state index >= 15 is 0 Å². The van der Waals surface area contributed by atoms with Crippen molar-refractivity contribution in [3.63, 3.8) is 0 Å². The third-order valence-electron chi connectivity index (χ3n) is 3.03. The predicted molar refractivity (Wildman–Crippen MR) is 85.8 cm³/mol. The molecular formula is C17H19N3O2. The first-order valence-corrected chi connectivity index (χ1v) is 7.16. The first-order chi connectivity index (χ1) is 10.6. The average Bonchev–Trinajstić information content (AvgIpc) is 2.54. The number of hydrogen-bond donors (Lipinski definition) is 2. The highest BCUT2D eigenvalue weighted by atomic mass is 16.2. The number of hydrogen-bond acceptors (Lipinski definition) is 3. The third kappa shape index (κ3) is 4.15. The van der Waals surface area contributed by atoms with Crippen LogP contribution in [0.3, 0.4) is 0 Å². The zero-order valence-electron chi connectivity index (χ0n) is 12.7. The molecule has 1 aromatic carbocycles. The molecule has 0 bridgehead atoms. The third-order valence-corrected chi connectivity index (χ3v) is 3.03. The maximum absolute atomic E-state index is 12.2. The van der Waals surface area contributed by atoms with E-state index in [1.165, 1.54) is 0 Å². The second-order valence-electron chi connectivity index (χ2n) is 5.34. The van der Waals surface area contributed by atoms with Gasteiger partial charge < -0.3 is 10.6 Å². The van der Waals surface area contributed by atoms with Crippen LogP contribution in [0.5, 0.6) is 0 Å². The molecule has 0 atom stereocenters. The first-order valence-electron chi connectivity index (χ1n) is 7.16. The lowest BCUT2D eigenvalue weighted by molar-refractivity contribution is 0.0950.